The van der Waals surface area contributed by atoms with Crippen LogP contribution in [-0.2, 0) is 12.7 Å². The first-order valence-corrected chi connectivity index (χ1v) is 8.16. The Morgan fingerprint density at radius 3 is 2.68 bits per heavy atom. The third-order valence-electron chi connectivity index (χ3n) is 4.18. The average Bonchev–Trinajstić information content (AvgIpc) is 3.02. The SMILES string of the molecule is Fc1ccc(CNC2CCN(c3ccc(C(F)(F)F)cn3)C2)c(Cl)c1. The lowest BCUT2D eigenvalue weighted by molar-refractivity contribution is -0.137. The second-order valence-corrected chi connectivity index (χ2v) is 6.36. The summed E-state index contributed by atoms with van der Waals surface area (Å²) in [5.74, 6) is 0.145. The third kappa shape index (κ3) is 4.41. The molecule has 0 radical (unpaired) electrons. The molecular weight excluding hydrogens is 358 g/mol. The summed E-state index contributed by atoms with van der Waals surface area (Å²) in [7, 11) is 0. The molecule has 0 amide bonds. The molecule has 25 heavy (non-hydrogen) atoms. The average molecular weight is 374 g/mol. The molecule has 1 aromatic carbocycles. The lowest BCUT2D eigenvalue weighted by atomic mass is 10.2. The molecule has 2 aromatic rings. The molecule has 0 bridgehead atoms. The topological polar surface area (TPSA) is 28.2 Å². The minimum Gasteiger partial charge on any atom is -0.355 e. The van der Waals surface area contributed by atoms with Crippen LogP contribution >= 0.6 is 11.6 Å². The van der Waals surface area contributed by atoms with E-state index in [1.54, 1.807) is 6.07 Å². The van der Waals surface area contributed by atoms with E-state index in [0.717, 1.165) is 24.2 Å². The molecule has 1 saturated heterocycles. The zero-order chi connectivity index (χ0) is 18.0. The monoisotopic (exact) mass is 373 g/mol. The number of hydrogen-bond donors (Lipinski definition) is 1. The van der Waals surface area contributed by atoms with Crippen molar-refractivity contribution in [3.8, 4) is 0 Å². The van der Waals surface area contributed by atoms with Crippen molar-refractivity contribution < 1.29 is 17.6 Å². The van der Waals surface area contributed by atoms with Crippen LogP contribution in [0.25, 0.3) is 0 Å². The number of hydrogen-bond acceptors (Lipinski definition) is 3. The van der Waals surface area contributed by atoms with Crippen molar-refractivity contribution in [3.05, 3.63) is 58.5 Å². The van der Waals surface area contributed by atoms with E-state index in [4.69, 9.17) is 11.6 Å². The van der Waals surface area contributed by atoms with Crippen LogP contribution in [0, 0.1) is 5.82 Å². The number of pyridine rings is 1. The Morgan fingerprint density at radius 2 is 2.04 bits per heavy atom. The van der Waals surface area contributed by atoms with Crippen molar-refractivity contribution in [1.82, 2.24) is 10.3 Å². The van der Waals surface area contributed by atoms with Gasteiger partial charge in [-0.15, -0.1) is 0 Å². The maximum atomic E-state index is 13.0. The smallest absolute Gasteiger partial charge is 0.355 e. The Morgan fingerprint density at radius 1 is 1.24 bits per heavy atom. The van der Waals surface area contributed by atoms with Crippen LogP contribution in [0.3, 0.4) is 0 Å². The van der Waals surface area contributed by atoms with Gasteiger partial charge in [0.25, 0.3) is 0 Å². The van der Waals surface area contributed by atoms with Gasteiger partial charge in [-0.05, 0) is 36.2 Å². The van der Waals surface area contributed by atoms with E-state index < -0.39 is 11.7 Å². The van der Waals surface area contributed by atoms with E-state index in [2.05, 4.69) is 10.3 Å². The number of aromatic nitrogens is 1. The summed E-state index contributed by atoms with van der Waals surface area (Å²) in [5.41, 5.74) is 0.0465. The highest BCUT2D eigenvalue weighted by Gasteiger charge is 2.31. The van der Waals surface area contributed by atoms with E-state index >= 15 is 0 Å². The van der Waals surface area contributed by atoms with Crippen molar-refractivity contribution in [2.45, 2.75) is 25.2 Å². The van der Waals surface area contributed by atoms with Crippen molar-refractivity contribution in [2.75, 3.05) is 18.0 Å². The van der Waals surface area contributed by atoms with Crippen LogP contribution < -0.4 is 10.2 Å². The molecule has 2 heterocycles. The lowest BCUT2D eigenvalue weighted by Gasteiger charge is -2.19. The standard InChI is InChI=1S/C17H16ClF4N3/c18-15-7-13(19)3-1-11(15)8-23-14-5-6-25(10-14)16-4-2-12(9-24-16)17(20,21)22/h1-4,7,9,14,23H,5-6,8,10H2. The van der Waals surface area contributed by atoms with Gasteiger partial charge in [0, 0.05) is 36.9 Å². The first-order valence-electron chi connectivity index (χ1n) is 7.78. The molecule has 1 aliphatic rings. The summed E-state index contributed by atoms with van der Waals surface area (Å²) in [6.45, 7) is 1.84. The summed E-state index contributed by atoms with van der Waals surface area (Å²) >= 11 is 6.00. The molecule has 1 fully saturated rings. The summed E-state index contributed by atoms with van der Waals surface area (Å²) in [4.78, 5) is 5.85. The fourth-order valence-electron chi connectivity index (χ4n) is 2.80. The molecule has 3 nitrogen and oxygen atoms in total. The minimum atomic E-state index is -4.38. The Kier molecular flexibility index (Phi) is 5.15. The van der Waals surface area contributed by atoms with Crippen molar-refractivity contribution in [2.24, 2.45) is 0 Å². The Balaban J connectivity index is 1.56. The number of benzene rings is 1. The van der Waals surface area contributed by atoms with Crippen molar-refractivity contribution >= 4 is 17.4 Å². The maximum Gasteiger partial charge on any atom is 0.417 e. The highest BCUT2D eigenvalue weighted by molar-refractivity contribution is 6.31. The molecule has 0 spiro atoms. The summed E-state index contributed by atoms with van der Waals surface area (Å²) < 4.78 is 50.8. The molecule has 1 N–H and O–H groups in total. The van der Waals surface area contributed by atoms with Crippen LogP contribution in [0.1, 0.15) is 17.5 Å². The van der Waals surface area contributed by atoms with Crippen LogP contribution in [-0.4, -0.2) is 24.1 Å². The van der Waals surface area contributed by atoms with Crippen LogP contribution in [0.5, 0.6) is 0 Å². The largest absolute Gasteiger partial charge is 0.417 e. The van der Waals surface area contributed by atoms with Gasteiger partial charge in [-0.1, -0.05) is 17.7 Å². The first kappa shape index (κ1) is 17.9. The second kappa shape index (κ2) is 7.17. The van der Waals surface area contributed by atoms with Crippen LogP contribution in [0.15, 0.2) is 36.5 Å². The highest BCUT2D eigenvalue weighted by atomic mass is 35.5. The molecule has 0 aliphatic carbocycles. The van der Waals surface area contributed by atoms with Crippen LogP contribution in [0.4, 0.5) is 23.4 Å². The minimum absolute atomic E-state index is 0.158. The van der Waals surface area contributed by atoms with Gasteiger partial charge in [0.05, 0.1) is 5.56 Å². The molecule has 0 saturated carbocycles. The van der Waals surface area contributed by atoms with Gasteiger partial charge < -0.3 is 10.2 Å². The molecule has 8 heteroatoms. The first-order chi connectivity index (χ1) is 11.8. The molecule has 1 unspecified atom stereocenters. The van der Waals surface area contributed by atoms with Gasteiger partial charge in [-0.3, -0.25) is 0 Å². The number of nitrogens with zero attached hydrogens (tertiary/aromatic N) is 2. The second-order valence-electron chi connectivity index (χ2n) is 5.95. The number of nitrogens with one attached hydrogen (secondary N) is 1. The number of halogens is 5. The summed E-state index contributed by atoms with van der Waals surface area (Å²) in [5, 5.41) is 3.70. The zero-order valence-corrected chi connectivity index (χ0v) is 13.9. The highest BCUT2D eigenvalue weighted by Crippen LogP contribution is 2.30. The quantitative estimate of drug-likeness (QED) is 0.812. The molecular formula is C17H16ClF4N3. The number of alkyl halides is 3. The molecule has 1 atom stereocenters. The van der Waals surface area contributed by atoms with Crippen molar-refractivity contribution in [1.29, 1.82) is 0 Å². The fourth-order valence-corrected chi connectivity index (χ4v) is 3.03. The number of anilines is 1. The Hall–Kier alpha value is -1.86. The van der Waals surface area contributed by atoms with E-state index in [0.29, 0.717) is 30.5 Å². The van der Waals surface area contributed by atoms with Gasteiger partial charge in [0.2, 0.25) is 0 Å². The summed E-state index contributed by atoms with van der Waals surface area (Å²) in [6.07, 6.45) is -2.69. The lowest BCUT2D eigenvalue weighted by Crippen LogP contribution is -2.32. The Bertz CT molecular complexity index is 734. The Labute approximate surface area is 147 Å². The molecule has 1 aliphatic heterocycles. The zero-order valence-electron chi connectivity index (χ0n) is 13.2. The summed E-state index contributed by atoms with van der Waals surface area (Å²) in [6, 6.07) is 6.85. The van der Waals surface area contributed by atoms with E-state index in [1.165, 1.54) is 18.2 Å². The predicted molar refractivity (Wildman–Crippen MR) is 88.1 cm³/mol. The van der Waals surface area contributed by atoms with E-state index in [1.807, 2.05) is 4.90 Å². The van der Waals surface area contributed by atoms with Gasteiger partial charge in [-0.2, -0.15) is 13.2 Å². The van der Waals surface area contributed by atoms with Gasteiger partial charge in [0.15, 0.2) is 0 Å². The molecule has 134 valence electrons. The number of rotatable bonds is 4. The maximum absolute atomic E-state index is 13.0. The third-order valence-corrected chi connectivity index (χ3v) is 4.54. The van der Waals surface area contributed by atoms with Crippen molar-refractivity contribution in [3.63, 3.8) is 0 Å². The predicted octanol–water partition coefficient (Wildman–Crippen LogP) is 4.26. The van der Waals surface area contributed by atoms with E-state index in [-0.39, 0.29) is 11.9 Å². The molecule has 1 aromatic heterocycles. The van der Waals surface area contributed by atoms with E-state index in [9.17, 15) is 17.6 Å². The van der Waals surface area contributed by atoms with Gasteiger partial charge in [-0.25, -0.2) is 9.37 Å². The van der Waals surface area contributed by atoms with Crippen LogP contribution in [0.2, 0.25) is 5.02 Å². The molecule has 3 rings (SSSR count). The van der Waals surface area contributed by atoms with Gasteiger partial charge in [0.1, 0.15) is 11.6 Å². The van der Waals surface area contributed by atoms with Gasteiger partial charge >= 0.3 is 6.18 Å². The normalized spacial score (nSPS) is 18.0. The fraction of sp³-hybridized carbons (Fsp3) is 0.353.